The van der Waals surface area contributed by atoms with Gasteiger partial charge in [0.2, 0.25) is 15.9 Å². The fourth-order valence-electron chi connectivity index (χ4n) is 3.95. The van der Waals surface area contributed by atoms with Gasteiger partial charge in [0.05, 0.1) is 30.7 Å². The molecule has 1 amide bonds. The quantitative estimate of drug-likeness (QED) is 0.522. The molecule has 0 bridgehead atoms. The Bertz CT molecular complexity index is 1250. The van der Waals surface area contributed by atoms with Gasteiger partial charge in [0, 0.05) is 23.5 Å². The lowest BCUT2D eigenvalue weighted by atomic mass is 9.99. The van der Waals surface area contributed by atoms with Crippen molar-refractivity contribution in [3.63, 3.8) is 0 Å². The van der Waals surface area contributed by atoms with Crippen molar-refractivity contribution in [3.05, 3.63) is 53.4 Å². The number of methoxy groups -OCH3 is 2. The minimum Gasteiger partial charge on any atom is -0.497 e. The molecule has 10 heteroatoms. The summed E-state index contributed by atoms with van der Waals surface area (Å²) in [6.45, 7) is 2.47. The van der Waals surface area contributed by atoms with Crippen molar-refractivity contribution in [2.75, 3.05) is 32.6 Å². The SMILES string of the molecule is COc1ccc(-c2nc(NC(=O)C3CCCN(S(=O)(=O)c4ccc(OC)cc4)C3)sc2C)cc1. The first-order valence-electron chi connectivity index (χ1n) is 10.9. The number of anilines is 1. The number of sulfonamides is 1. The molecule has 0 radical (unpaired) electrons. The molecule has 34 heavy (non-hydrogen) atoms. The first kappa shape index (κ1) is 24.2. The predicted octanol–water partition coefficient (Wildman–Crippen LogP) is 4.18. The summed E-state index contributed by atoms with van der Waals surface area (Å²) in [6.07, 6.45) is 1.23. The van der Waals surface area contributed by atoms with Crippen molar-refractivity contribution in [1.29, 1.82) is 0 Å². The number of carbonyl (C=O) groups excluding carboxylic acids is 1. The van der Waals surface area contributed by atoms with Gasteiger partial charge in [-0.1, -0.05) is 0 Å². The van der Waals surface area contributed by atoms with E-state index in [9.17, 15) is 13.2 Å². The Morgan fingerprint density at radius 1 is 1.06 bits per heavy atom. The van der Waals surface area contributed by atoms with Crippen LogP contribution in [0.3, 0.4) is 0 Å². The lowest BCUT2D eigenvalue weighted by molar-refractivity contribution is -0.120. The number of nitrogens with zero attached hydrogens (tertiary/aromatic N) is 2. The predicted molar refractivity (Wildman–Crippen MR) is 132 cm³/mol. The van der Waals surface area contributed by atoms with Crippen LogP contribution in [0.4, 0.5) is 5.13 Å². The van der Waals surface area contributed by atoms with Gasteiger partial charge in [0.1, 0.15) is 11.5 Å². The standard InChI is InChI=1S/C24H27N3O5S2/c1-16-22(17-6-8-19(31-2)9-7-17)25-24(33-16)26-23(28)18-5-4-14-27(15-18)34(29,30)21-12-10-20(32-3)11-13-21/h6-13,18H,4-5,14-15H2,1-3H3,(H,25,26,28). The molecule has 1 N–H and O–H groups in total. The number of carbonyl (C=O) groups is 1. The third-order valence-corrected chi connectivity index (χ3v) is 8.61. The molecule has 1 atom stereocenters. The molecule has 8 nitrogen and oxygen atoms in total. The van der Waals surface area contributed by atoms with Crippen LogP contribution in [-0.2, 0) is 14.8 Å². The third kappa shape index (κ3) is 5.08. The zero-order chi connectivity index (χ0) is 24.3. The Balaban J connectivity index is 1.45. The van der Waals surface area contributed by atoms with Crippen molar-refractivity contribution in [1.82, 2.24) is 9.29 Å². The summed E-state index contributed by atoms with van der Waals surface area (Å²) in [5, 5.41) is 3.40. The monoisotopic (exact) mass is 501 g/mol. The van der Waals surface area contributed by atoms with Gasteiger partial charge < -0.3 is 14.8 Å². The summed E-state index contributed by atoms with van der Waals surface area (Å²) in [5.74, 6) is 0.680. The molecule has 0 spiro atoms. The van der Waals surface area contributed by atoms with Crippen LogP contribution in [0, 0.1) is 12.8 Å². The van der Waals surface area contributed by atoms with E-state index in [1.165, 1.54) is 34.9 Å². The van der Waals surface area contributed by atoms with Crippen LogP contribution in [0.2, 0.25) is 0 Å². The van der Waals surface area contributed by atoms with E-state index in [-0.39, 0.29) is 17.3 Å². The minimum atomic E-state index is -3.70. The number of nitrogens with one attached hydrogen (secondary N) is 1. The van der Waals surface area contributed by atoms with Crippen molar-refractivity contribution in [2.24, 2.45) is 5.92 Å². The Hall–Kier alpha value is -2.95. The average Bonchev–Trinajstić information content (AvgIpc) is 3.23. The molecular formula is C24H27N3O5S2. The summed E-state index contributed by atoms with van der Waals surface area (Å²) >= 11 is 1.40. The topological polar surface area (TPSA) is 97.8 Å². The number of amides is 1. The van der Waals surface area contributed by atoms with E-state index < -0.39 is 15.9 Å². The number of thiazole rings is 1. The van der Waals surface area contributed by atoms with E-state index in [4.69, 9.17) is 9.47 Å². The van der Waals surface area contributed by atoms with Crippen LogP contribution < -0.4 is 14.8 Å². The molecule has 1 unspecified atom stereocenters. The van der Waals surface area contributed by atoms with Crippen molar-refractivity contribution in [3.8, 4) is 22.8 Å². The molecule has 0 saturated carbocycles. The average molecular weight is 502 g/mol. The van der Waals surface area contributed by atoms with E-state index in [2.05, 4.69) is 10.3 Å². The van der Waals surface area contributed by atoms with Gasteiger partial charge in [-0.25, -0.2) is 13.4 Å². The molecule has 4 rings (SSSR count). The first-order valence-corrected chi connectivity index (χ1v) is 13.1. The third-order valence-electron chi connectivity index (χ3n) is 5.84. The van der Waals surface area contributed by atoms with Gasteiger partial charge in [0.15, 0.2) is 5.13 Å². The van der Waals surface area contributed by atoms with Gasteiger partial charge in [-0.15, -0.1) is 11.3 Å². The summed E-state index contributed by atoms with van der Waals surface area (Å²) in [4.78, 5) is 18.8. The lowest BCUT2D eigenvalue weighted by Crippen LogP contribution is -2.43. The Morgan fingerprint density at radius 3 is 2.29 bits per heavy atom. The Labute approximate surface area is 203 Å². The van der Waals surface area contributed by atoms with Crippen LogP contribution in [0.5, 0.6) is 11.5 Å². The zero-order valence-electron chi connectivity index (χ0n) is 19.3. The van der Waals surface area contributed by atoms with Gasteiger partial charge in [-0.2, -0.15) is 4.31 Å². The Morgan fingerprint density at radius 2 is 1.68 bits per heavy atom. The molecule has 1 saturated heterocycles. The van der Waals surface area contributed by atoms with Crippen molar-refractivity contribution in [2.45, 2.75) is 24.7 Å². The number of aromatic nitrogens is 1. The highest BCUT2D eigenvalue weighted by atomic mass is 32.2. The largest absolute Gasteiger partial charge is 0.497 e. The highest BCUT2D eigenvalue weighted by Crippen LogP contribution is 2.32. The fourth-order valence-corrected chi connectivity index (χ4v) is 6.31. The molecule has 2 heterocycles. The minimum absolute atomic E-state index is 0.135. The molecule has 180 valence electrons. The van der Waals surface area contributed by atoms with Gasteiger partial charge in [-0.3, -0.25) is 4.79 Å². The van der Waals surface area contributed by atoms with E-state index in [1.807, 2.05) is 31.2 Å². The van der Waals surface area contributed by atoms with Crippen LogP contribution in [-0.4, -0.2) is 50.9 Å². The molecule has 0 aliphatic carbocycles. The van der Waals surface area contributed by atoms with E-state index >= 15 is 0 Å². The number of benzene rings is 2. The second kappa shape index (κ2) is 10.1. The first-order chi connectivity index (χ1) is 16.3. The van der Waals surface area contributed by atoms with Gasteiger partial charge >= 0.3 is 0 Å². The second-order valence-corrected chi connectivity index (χ2v) is 11.2. The van der Waals surface area contributed by atoms with Crippen LogP contribution in [0.25, 0.3) is 11.3 Å². The maximum absolute atomic E-state index is 13.1. The molecule has 1 aromatic heterocycles. The summed E-state index contributed by atoms with van der Waals surface area (Å²) in [7, 11) is -0.551. The maximum Gasteiger partial charge on any atom is 0.243 e. The molecular weight excluding hydrogens is 474 g/mol. The van der Waals surface area contributed by atoms with E-state index in [0.29, 0.717) is 30.3 Å². The zero-order valence-corrected chi connectivity index (χ0v) is 20.9. The van der Waals surface area contributed by atoms with Crippen molar-refractivity contribution >= 4 is 32.4 Å². The second-order valence-electron chi connectivity index (χ2n) is 8.02. The number of ether oxygens (including phenoxy) is 2. The molecule has 3 aromatic rings. The number of hydrogen-bond acceptors (Lipinski definition) is 7. The number of piperidine rings is 1. The van der Waals surface area contributed by atoms with Crippen LogP contribution in [0.15, 0.2) is 53.4 Å². The smallest absolute Gasteiger partial charge is 0.243 e. The van der Waals surface area contributed by atoms with Crippen molar-refractivity contribution < 1.29 is 22.7 Å². The van der Waals surface area contributed by atoms with Crippen LogP contribution >= 0.6 is 11.3 Å². The summed E-state index contributed by atoms with van der Waals surface area (Å²) in [5.41, 5.74) is 1.74. The summed E-state index contributed by atoms with van der Waals surface area (Å²) < 4.78 is 37.9. The number of aryl methyl sites for hydroxylation is 1. The summed E-state index contributed by atoms with van der Waals surface area (Å²) in [6, 6.07) is 13.9. The molecule has 1 fully saturated rings. The van der Waals surface area contributed by atoms with E-state index in [0.717, 1.165) is 21.9 Å². The van der Waals surface area contributed by atoms with E-state index in [1.54, 1.807) is 19.2 Å². The number of rotatable bonds is 7. The lowest BCUT2D eigenvalue weighted by Gasteiger charge is -2.31. The molecule has 1 aliphatic rings. The van der Waals surface area contributed by atoms with Gasteiger partial charge in [-0.05, 0) is 68.3 Å². The molecule has 2 aromatic carbocycles. The van der Waals surface area contributed by atoms with Crippen LogP contribution in [0.1, 0.15) is 17.7 Å². The van der Waals surface area contributed by atoms with Gasteiger partial charge in [0.25, 0.3) is 0 Å². The maximum atomic E-state index is 13.1. The highest BCUT2D eigenvalue weighted by Gasteiger charge is 2.33. The number of hydrogen-bond donors (Lipinski definition) is 1. The Kier molecular flexibility index (Phi) is 7.20. The fraction of sp³-hybridized carbons (Fsp3) is 0.333. The highest BCUT2D eigenvalue weighted by molar-refractivity contribution is 7.89. The normalized spacial score (nSPS) is 16.7. The molecule has 1 aliphatic heterocycles.